The molecule has 2 rings (SSSR count). The molecular formula is C10H13N3O2. The van der Waals surface area contributed by atoms with E-state index in [1.165, 1.54) is 0 Å². The summed E-state index contributed by atoms with van der Waals surface area (Å²) in [4.78, 5) is 22.7. The van der Waals surface area contributed by atoms with Crippen LogP contribution in [0, 0.1) is 0 Å². The highest BCUT2D eigenvalue weighted by atomic mass is 16.2. The van der Waals surface area contributed by atoms with Crippen LogP contribution in [0.4, 0.5) is 5.69 Å². The summed E-state index contributed by atoms with van der Waals surface area (Å²) < 4.78 is 0. The summed E-state index contributed by atoms with van der Waals surface area (Å²) in [6, 6.07) is 0. The van der Waals surface area contributed by atoms with Gasteiger partial charge in [0.1, 0.15) is 0 Å². The zero-order valence-electron chi connectivity index (χ0n) is 8.76. The first-order valence-corrected chi connectivity index (χ1v) is 5.01. The molecule has 1 aromatic heterocycles. The maximum absolute atomic E-state index is 11.5. The van der Waals surface area contributed by atoms with E-state index < -0.39 is 0 Å². The van der Waals surface area contributed by atoms with Crippen molar-refractivity contribution in [2.75, 3.05) is 5.32 Å². The topological polar surface area (TPSA) is 74.8 Å². The Morgan fingerprint density at radius 1 is 1.27 bits per heavy atom. The lowest BCUT2D eigenvalue weighted by molar-refractivity contribution is -0.116. The van der Waals surface area contributed by atoms with Gasteiger partial charge in [-0.15, -0.1) is 0 Å². The molecule has 0 fully saturated rings. The molecule has 0 unspecified atom stereocenters. The van der Waals surface area contributed by atoms with Crippen molar-refractivity contribution in [3.8, 4) is 0 Å². The SMILES string of the molecule is CC(C)c1n[nH]c(=O)c2c1NC(=O)CC2. The lowest BCUT2D eigenvalue weighted by Gasteiger charge is -2.19. The van der Waals surface area contributed by atoms with Gasteiger partial charge in [0.25, 0.3) is 5.56 Å². The third kappa shape index (κ3) is 1.65. The molecule has 15 heavy (non-hydrogen) atoms. The molecule has 0 saturated carbocycles. The first-order chi connectivity index (χ1) is 7.09. The smallest absolute Gasteiger partial charge is 0.269 e. The van der Waals surface area contributed by atoms with E-state index in [4.69, 9.17) is 0 Å². The van der Waals surface area contributed by atoms with Crippen LogP contribution in [0.5, 0.6) is 0 Å². The number of hydrogen-bond acceptors (Lipinski definition) is 3. The normalized spacial score (nSPS) is 15.0. The second-order valence-electron chi connectivity index (χ2n) is 3.99. The van der Waals surface area contributed by atoms with Gasteiger partial charge in [-0.3, -0.25) is 9.59 Å². The number of anilines is 1. The summed E-state index contributed by atoms with van der Waals surface area (Å²) in [5, 5.41) is 9.17. The second-order valence-corrected chi connectivity index (χ2v) is 3.99. The van der Waals surface area contributed by atoms with Crippen molar-refractivity contribution in [3.63, 3.8) is 0 Å². The van der Waals surface area contributed by atoms with Crippen LogP contribution in [0.15, 0.2) is 4.79 Å². The average Bonchev–Trinajstić information content (AvgIpc) is 2.17. The molecule has 1 aliphatic rings. The Balaban J connectivity index is 2.61. The minimum absolute atomic E-state index is 0.0446. The van der Waals surface area contributed by atoms with E-state index in [0.717, 1.165) is 5.69 Å². The number of hydrogen-bond donors (Lipinski definition) is 2. The predicted molar refractivity (Wildman–Crippen MR) is 55.9 cm³/mol. The number of nitrogens with zero attached hydrogens (tertiary/aromatic N) is 1. The lowest BCUT2D eigenvalue weighted by atomic mass is 9.99. The van der Waals surface area contributed by atoms with E-state index in [1.54, 1.807) is 0 Å². The summed E-state index contributed by atoms with van der Waals surface area (Å²) in [7, 11) is 0. The van der Waals surface area contributed by atoms with Gasteiger partial charge in [0.2, 0.25) is 5.91 Å². The molecule has 1 aromatic rings. The average molecular weight is 207 g/mol. The fraction of sp³-hybridized carbons (Fsp3) is 0.500. The third-order valence-electron chi connectivity index (χ3n) is 2.52. The number of aromatic amines is 1. The largest absolute Gasteiger partial charge is 0.324 e. The van der Waals surface area contributed by atoms with Gasteiger partial charge in [-0.25, -0.2) is 5.10 Å². The quantitative estimate of drug-likeness (QED) is 0.714. The van der Waals surface area contributed by atoms with Gasteiger partial charge in [0, 0.05) is 12.0 Å². The van der Waals surface area contributed by atoms with Gasteiger partial charge in [-0.05, 0) is 12.3 Å². The molecule has 1 amide bonds. The Bertz CT molecular complexity index is 462. The highest BCUT2D eigenvalue weighted by molar-refractivity contribution is 5.94. The number of H-pyrrole nitrogens is 1. The minimum Gasteiger partial charge on any atom is -0.324 e. The minimum atomic E-state index is -0.200. The molecule has 2 heterocycles. The highest BCUT2D eigenvalue weighted by Gasteiger charge is 2.22. The molecule has 0 radical (unpaired) electrons. The predicted octanol–water partition coefficient (Wildman–Crippen LogP) is 0.778. The molecule has 5 nitrogen and oxygen atoms in total. The fourth-order valence-corrected chi connectivity index (χ4v) is 1.74. The van der Waals surface area contributed by atoms with E-state index in [2.05, 4.69) is 15.5 Å². The van der Waals surface area contributed by atoms with Gasteiger partial charge < -0.3 is 5.32 Å². The van der Waals surface area contributed by atoms with Gasteiger partial charge in [-0.2, -0.15) is 5.10 Å². The number of amides is 1. The number of carbonyl (C=O) groups is 1. The first-order valence-electron chi connectivity index (χ1n) is 5.01. The van der Waals surface area contributed by atoms with E-state index in [9.17, 15) is 9.59 Å². The van der Waals surface area contributed by atoms with Crippen LogP contribution in [0.2, 0.25) is 0 Å². The van der Waals surface area contributed by atoms with Crippen molar-refractivity contribution >= 4 is 11.6 Å². The molecular weight excluding hydrogens is 194 g/mol. The zero-order chi connectivity index (χ0) is 11.0. The molecule has 0 saturated heterocycles. The third-order valence-corrected chi connectivity index (χ3v) is 2.52. The van der Waals surface area contributed by atoms with Crippen molar-refractivity contribution in [2.24, 2.45) is 0 Å². The summed E-state index contributed by atoms with van der Waals surface area (Å²) in [5.41, 5.74) is 1.81. The first kappa shape index (κ1) is 9.89. The molecule has 0 bridgehead atoms. The Morgan fingerprint density at radius 2 is 2.00 bits per heavy atom. The van der Waals surface area contributed by atoms with Gasteiger partial charge in [-0.1, -0.05) is 13.8 Å². The Labute approximate surface area is 86.9 Å². The van der Waals surface area contributed by atoms with Gasteiger partial charge in [0.05, 0.1) is 11.4 Å². The van der Waals surface area contributed by atoms with Crippen LogP contribution < -0.4 is 10.9 Å². The Hall–Kier alpha value is -1.65. The van der Waals surface area contributed by atoms with Crippen molar-refractivity contribution in [2.45, 2.75) is 32.6 Å². The molecule has 0 spiro atoms. The number of nitrogens with one attached hydrogen (secondary N) is 2. The molecule has 5 heteroatoms. The van der Waals surface area contributed by atoms with Crippen LogP contribution in [0.1, 0.15) is 37.4 Å². The monoisotopic (exact) mass is 207 g/mol. The van der Waals surface area contributed by atoms with Crippen molar-refractivity contribution in [1.82, 2.24) is 10.2 Å². The highest BCUT2D eigenvalue weighted by Crippen LogP contribution is 2.26. The molecule has 0 aliphatic carbocycles. The second kappa shape index (κ2) is 3.49. The standard InChI is InChI=1S/C10H13N3O2/c1-5(2)8-9-6(10(15)13-12-8)3-4-7(14)11-9/h5H,3-4H2,1-2H3,(H,11,14)(H,13,15). The van der Waals surface area contributed by atoms with Crippen molar-refractivity contribution < 1.29 is 4.79 Å². The lowest BCUT2D eigenvalue weighted by Crippen LogP contribution is -2.28. The van der Waals surface area contributed by atoms with E-state index in [-0.39, 0.29) is 17.4 Å². The number of fused-ring (bicyclic) bond motifs is 1. The number of aromatic nitrogens is 2. The van der Waals surface area contributed by atoms with Gasteiger partial charge >= 0.3 is 0 Å². The Kier molecular flexibility index (Phi) is 2.30. The van der Waals surface area contributed by atoms with Crippen LogP contribution >= 0.6 is 0 Å². The van der Waals surface area contributed by atoms with Crippen LogP contribution in [-0.2, 0) is 11.2 Å². The Morgan fingerprint density at radius 3 is 2.67 bits per heavy atom. The number of rotatable bonds is 1. The van der Waals surface area contributed by atoms with Crippen LogP contribution in [-0.4, -0.2) is 16.1 Å². The summed E-state index contributed by atoms with van der Waals surface area (Å²) in [5.74, 6) is 0.130. The summed E-state index contributed by atoms with van der Waals surface area (Å²) in [6.07, 6.45) is 0.871. The van der Waals surface area contributed by atoms with Gasteiger partial charge in [0.15, 0.2) is 0 Å². The maximum atomic E-state index is 11.5. The van der Waals surface area contributed by atoms with E-state index >= 15 is 0 Å². The van der Waals surface area contributed by atoms with Crippen molar-refractivity contribution in [3.05, 3.63) is 21.6 Å². The molecule has 0 atom stereocenters. The summed E-state index contributed by atoms with van der Waals surface area (Å²) >= 11 is 0. The molecule has 1 aliphatic heterocycles. The molecule has 80 valence electrons. The zero-order valence-corrected chi connectivity index (χ0v) is 8.76. The van der Waals surface area contributed by atoms with E-state index in [0.29, 0.717) is 24.1 Å². The van der Waals surface area contributed by atoms with Crippen LogP contribution in [0.3, 0.4) is 0 Å². The van der Waals surface area contributed by atoms with Crippen LogP contribution in [0.25, 0.3) is 0 Å². The summed E-state index contributed by atoms with van der Waals surface area (Å²) in [6.45, 7) is 3.95. The maximum Gasteiger partial charge on any atom is 0.269 e. The fourth-order valence-electron chi connectivity index (χ4n) is 1.74. The van der Waals surface area contributed by atoms with E-state index in [1.807, 2.05) is 13.8 Å². The molecule has 2 N–H and O–H groups in total. The molecule has 0 aromatic carbocycles. The number of carbonyl (C=O) groups excluding carboxylic acids is 1. The van der Waals surface area contributed by atoms with Crippen molar-refractivity contribution in [1.29, 1.82) is 0 Å².